The van der Waals surface area contributed by atoms with Crippen molar-refractivity contribution in [1.29, 1.82) is 0 Å². The van der Waals surface area contributed by atoms with Crippen LogP contribution in [-0.2, 0) is 0 Å². The van der Waals surface area contributed by atoms with Crippen molar-refractivity contribution in [2.45, 2.75) is 19.9 Å². The van der Waals surface area contributed by atoms with Gasteiger partial charge < -0.3 is 14.8 Å². The minimum Gasteiger partial charge on any atom is -0.493 e. The zero-order valence-corrected chi connectivity index (χ0v) is 12.2. The second-order valence-electron chi connectivity index (χ2n) is 4.13. The molecule has 0 aliphatic heterocycles. The molecule has 0 saturated carbocycles. The average Bonchev–Trinajstić information content (AvgIpc) is 2.83. The van der Waals surface area contributed by atoms with Gasteiger partial charge in [-0.25, -0.2) is 4.98 Å². The monoisotopic (exact) mass is 279 g/mol. The average molecular weight is 279 g/mol. The van der Waals surface area contributed by atoms with Crippen LogP contribution in [0, 0.1) is 6.92 Å². The first kappa shape index (κ1) is 13.6. The van der Waals surface area contributed by atoms with Gasteiger partial charge in [-0.05, 0) is 31.5 Å². The van der Waals surface area contributed by atoms with Crippen LogP contribution in [0.3, 0.4) is 0 Å². The molecule has 0 spiro atoms. The van der Waals surface area contributed by atoms with Crippen molar-refractivity contribution in [1.82, 2.24) is 9.36 Å². The fourth-order valence-electron chi connectivity index (χ4n) is 1.75. The summed E-state index contributed by atoms with van der Waals surface area (Å²) in [6, 6.07) is 5.99. The SMILES string of the molecule is COc1ccc(C(C)Nc2nc(C)ns2)cc1OC. The summed E-state index contributed by atoms with van der Waals surface area (Å²) in [5.74, 6) is 2.24. The number of nitrogens with one attached hydrogen (secondary N) is 1. The van der Waals surface area contributed by atoms with Crippen molar-refractivity contribution >= 4 is 16.7 Å². The molecule has 0 fully saturated rings. The number of hydrogen-bond acceptors (Lipinski definition) is 6. The molecule has 0 bridgehead atoms. The molecule has 1 unspecified atom stereocenters. The van der Waals surface area contributed by atoms with E-state index in [0.29, 0.717) is 0 Å². The van der Waals surface area contributed by atoms with Crippen LogP contribution in [0.5, 0.6) is 11.5 Å². The number of nitrogens with zero attached hydrogens (tertiary/aromatic N) is 2. The summed E-state index contributed by atoms with van der Waals surface area (Å²) in [4.78, 5) is 4.29. The lowest BCUT2D eigenvalue weighted by molar-refractivity contribution is 0.354. The van der Waals surface area contributed by atoms with Crippen LogP contribution < -0.4 is 14.8 Å². The van der Waals surface area contributed by atoms with Crippen LogP contribution in [0.2, 0.25) is 0 Å². The van der Waals surface area contributed by atoms with Crippen molar-refractivity contribution in [3.05, 3.63) is 29.6 Å². The van der Waals surface area contributed by atoms with Crippen LogP contribution in [0.25, 0.3) is 0 Å². The van der Waals surface area contributed by atoms with Crippen molar-refractivity contribution in [3.8, 4) is 11.5 Å². The number of aromatic nitrogens is 2. The fourth-order valence-corrected chi connectivity index (χ4v) is 2.41. The highest BCUT2D eigenvalue weighted by atomic mass is 32.1. The van der Waals surface area contributed by atoms with E-state index in [1.807, 2.05) is 25.1 Å². The summed E-state index contributed by atoms with van der Waals surface area (Å²) >= 11 is 1.36. The molecule has 1 aromatic heterocycles. The molecule has 2 aromatic rings. The molecular weight excluding hydrogens is 262 g/mol. The smallest absolute Gasteiger partial charge is 0.203 e. The van der Waals surface area contributed by atoms with E-state index < -0.39 is 0 Å². The van der Waals surface area contributed by atoms with Gasteiger partial charge in [0, 0.05) is 11.5 Å². The maximum absolute atomic E-state index is 5.30. The number of hydrogen-bond donors (Lipinski definition) is 1. The van der Waals surface area contributed by atoms with Gasteiger partial charge in [0.15, 0.2) is 11.5 Å². The Balaban J connectivity index is 2.16. The molecule has 6 heteroatoms. The number of methoxy groups -OCH3 is 2. The van der Waals surface area contributed by atoms with E-state index in [2.05, 4.69) is 21.6 Å². The summed E-state index contributed by atoms with van der Waals surface area (Å²) in [5, 5.41) is 4.14. The highest BCUT2D eigenvalue weighted by Gasteiger charge is 2.11. The minimum atomic E-state index is 0.118. The van der Waals surface area contributed by atoms with Gasteiger partial charge in [0.1, 0.15) is 5.82 Å². The van der Waals surface area contributed by atoms with Crippen LogP contribution in [0.15, 0.2) is 18.2 Å². The van der Waals surface area contributed by atoms with E-state index in [1.165, 1.54) is 11.5 Å². The molecule has 1 N–H and O–H groups in total. The molecule has 5 nitrogen and oxygen atoms in total. The summed E-state index contributed by atoms with van der Waals surface area (Å²) in [6.07, 6.45) is 0. The standard InChI is InChI=1S/C13H17N3O2S/c1-8(14-13-15-9(2)16-19-13)10-5-6-11(17-3)12(7-10)18-4/h5-8H,1-4H3,(H,14,15,16). The van der Waals surface area contributed by atoms with Crippen molar-refractivity contribution in [2.24, 2.45) is 0 Å². The molecule has 0 amide bonds. The summed E-state index contributed by atoms with van der Waals surface area (Å²) in [6.45, 7) is 3.95. The summed E-state index contributed by atoms with van der Waals surface area (Å²) in [5.41, 5.74) is 1.10. The molecule has 1 aromatic carbocycles. The predicted molar refractivity (Wildman–Crippen MR) is 76.2 cm³/mol. The molecule has 0 radical (unpaired) electrons. The number of benzene rings is 1. The van der Waals surface area contributed by atoms with Crippen LogP contribution in [-0.4, -0.2) is 23.6 Å². The van der Waals surface area contributed by atoms with Gasteiger partial charge in [0.25, 0.3) is 0 Å². The van der Waals surface area contributed by atoms with E-state index in [-0.39, 0.29) is 6.04 Å². The lowest BCUT2D eigenvalue weighted by Crippen LogP contribution is -2.06. The first-order valence-electron chi connectivity index (χ1n) is 5.92. The third-order valence-electron chi connectivity index (χ3n) is 2.78. The Kier molecular flexibility index (Phi) is 4.21. The lowest BCUT2D eigenvalue weighted by atomic mass is 10.1. The third kappa shape index (κ3) is 3.14. The summed E-state index contributed by atoms with van der Waals surface area (Å²) in [7, 11) is 3.26. The van der Waals surface area contributed by atoms with E-state index in [9.17, 15) is 0 Å². The predicted octanol–water partition coefficient (Wildman–Crippen LogP) is 3.04. The van der Waals surface area contributed by atoms with Crippen LogP contribution >= 0.6 is 11.5 Å². The maximum atomic E-state index is 5.30. The highest BCUT2D eigenvalue weighted by molar-refractivity contribution is 7.09. The zero-order chi connectivity index (χ0) is 13.8. The van der Waals surface area contributed by atoms with E-state index >= 15 is 0 Å². The van der Waals surface area contributed by atoms with Crippen molar-refractivity contribution in [3.63, 3.8) is 0 Å². The zero-order valence-electron chi connectivity index (χ0n) is 11.4. The molecule has 102 valence electrons. The summed E-state index contributed by atoms with van der Waals surface area (Å²) < 4.78 is 14.7. The Labute approximate surface area is 116 Å². The van der Waals surface area contributed by atoms with Crippen molar-refractivity contribution in [2.75, 3.05) is 19.5 Å². The first-order chi connectivity index (χ1) is 9.13. The van der Waals surface area contributed by atoms with E-state index in [1.54, 1.807) is 14.2 Å². The largest absolute Gasteiger partial charge is 0.493 e. The molecule has 1 atom stereocenters. The Morgan fingerprint density at radius 3 is 2.53 bits per heavy atom. The van der Waals surface area contributed by atoms with Gasteiger partial charge in [-0.3, -0.25) is 0 Å². The second kappa shape index (κ2) is 5.88. The van der Waals surface area contributed by atoms with Gasteiger partial charge in [-0.15, -0.1) is 0 Å². The Hall–Kier alpha value is -1.82. The number of rotatable bonds is 5. The number of anilines is 1. The van der Waals surface area contributed by atoms with Gasteiger partial charge in [0.05, 0.1) is 20.3 Å². The topological polar surface area (TPSA) is 56.3 Å². The van der Waals surface area contributed by atoms with Gasteiger partial charge >= 0.3 is 0 Å². The minimum absolute atomic E-state index is 0.118. The molecule has 19 heavy (non-hydrogen) atoms. The third-order valence-corrected chi connectivity index (χ3v) is 3.51. The molecular formula is C13H17N3O2S. The van der Waals surface area contributed by atoms with Gasteiger partial charge in [-0.2, -0.15) is 4.37 Å². The van der Waals surface area contributed by atoms with Crippen LogP contribution in [0.1, 0.15) is 24.4 Å². The van der Waals surface area contributed by atoms with Crippen molar-refractivity contribution < 1.29 is 9.47 Å². The Morgan fingerprint density at radius 2 is 1.95 bits per heavy atom. The van der Waals surface area contributed by atoms with E-state index in [0.717, 1.165) is 28.0 Å². The maximum Gasteiger partial charge on any atom is 0.203 e. The molecule has 2 rings (SSSR count). The Morgan fingerprint density at radius 1 is 1.21 bits per heavy atom. The van der Waals surface area contributed by atoms with Gasteiger partial charge in [0.2, 0.25) is 5.13 Å². The normalized spacial score (nSPS) is 12.0. The first-order valence-corrected chi connectivity index (χ1v) is 6.70. The Bertz CT molecular complexity index is 557. The second-order valence-corrected chi connectivity index (χ2v) is 4.88. The highest BCUT2D eigenvalue weighted by Crippen LogP contribution is 2.31. The fraction of sp³-hybridized carbons (Fsp3) is 0.385. The number of ether oxygens (including phenoxy) is 2. The number of aryl methyl sites for hydroxylation is 1. The molecule has 0 saturated heterocycles. The van der Waals surface area contributed by atoms with Gasteiger partial charge in [-0.1, -0.05) is 6.07 Å². The lowest BCUT2D eigenvalue weighted by Gasteiger charge is -2.15. The molecule has 0 aliphatic carbocycles. The molecule has 1 heterocycles. The quantitative estimate of drug-likeness (QED) is 0.911. The van der Waals surface area contributed by atoms with E-state index in [4.69, 9.17) is 9.47 Å². The van der Waals surface area contributed by atoms with Crippen LogP contribution in [0.4, 0.5) is 5.13 Å². The molecule has 0 aliphatic rings.